The Morgan fingerprint density at radius 2 is 1.94 bits per heavy atom. The largest absolute Gasteiger partial charge is 0.363 e. The maximum Gasteiger partial charge on any atom is 0.180 e. The van der Waals surface area contributed by atoms with E-state index in [9.17, 15) is 0 Å². The van der Waals surface area contributed by atoms with Gasteiger partial charge in [-0.15, -0.1) is 0 Å². The lowest BCUT2D eigenvalue weighted by atomic mass is 10.0. The number of fused-ring (bicyclic) bond motifs is 1. The van der Waals surface area contributed by atoms with Gasteiger partial charge in [0.1, 0.15) is 4.60 Å². The van der Waals surface area contributed by atoms with Gasteiger partial charge in [-0.05, 0) is 26.8 Å². The van der Waals surface area contributed by atoms with Gasteiger partial charge in [-0.1, -0.05) is 27.7 Å². The first-order valence-corrected chi connectivity index (χ1v) is 6.89. The van der Waals surface area contributed by atoms with Crippen molar-refractivity contribution < 1.29 is 0 Å². The molecule has 1 fully saturated rings. The SMILES string of the molecule is CC1(C)C(Nc2nc(Br)cn3ccnc23)C1(C)C. The minimum atomic E-state index is 0.278. The van der Waals surface area contributed by atoms with Crippen LogP contribution in [0, 0.1) is 10.8 Å². The fourth-order valence-corrected chi connectivity index (χ4v) is 3.09. The molecule has 0 amide bonds. The van der Waals surface area contributed by atoms with Gasteiger partial charge in [-0.2, -0.15) is 0 Å². The maximum atomic E-state index is 4.51. The molecule has 2 heterocycles. The molecule has 0 atom stereocenters. The van der Waals surface area contributed by atoms with Gasteiger partial charge >= 0.3 is 0 Å². The zero-order valence-electron chi connectivity index (χ0n) is 11.0. The average molecular weight is 309 g/mol. The first-order valence-electron chi connectivity index (χ1n) is 6.10. The third-order valence-corrected chi connectivity index (χ3v) is 5.03. The van der Waals surface area contributed by atoms with Gasteiger partial charge in [-0.25, -0.2) is 9.97 Å². The number of nitrogens with one attached hydrogen (secondary N) is 1. The minimum absolute atomic E-state index is 0.278. The van der Waals surface area contributed by atoms with Crippen LogP contribution in [0.5, 0.6) is 0 Å². The summed E-state index contributed by atoms with van der Waals surface area (Å²) in [6, 6.07) is 0.423. The van der Waals surface area contributed by atoms with Crippen LogP contribution in [0.3, 0.4) is 0 Å². The van der Waals surface area contributed by atoms with E-state index in [0.717, 1.165) is 16.1 Å². The first kappa shape index (κ1) is 12.0. The molecule has 1 N–H and O–H groups in total. The lowest BCUT2D eigenvalue weighted by Crippen LogP contribution is -2.12. The molecular formula is C13H17BrN4. The van der Waals surface area contributed by atoms with Crippen LogP contribution >= 0.6 is 15.9 Å². The van der Waals surface area contributed by atoms with Crippen LogP contribution in [-0.2, 0) is 0 Å². The van der Waals surface area contributed by atoms with E-state index >= 15 is 0 Å². The van der Waals surface area contributed by atoms with Crippen LogP contribution in [0.15, 0.2) is 23.2 Å². The summed E-state index contributed by atoms with van der Waals surface area (Å²) in [5, 5.41) is 3.54. The van der Waals surface area contributed by atoms with Gasteiger partial charge in [0.15, 0.2) is 11.5 Å². The normalized spacial score (nSPS) is 21.2. The first-order chi connectivity index (χ1) is 8.34. The molecule has 2 aromatic heterocycles. The number of hydrogen-bond donors (Lipinski definition) is 1. The molecule has 0 aliphatic heterocycles. The molecule has 1 aliphatic carbocycles. The van der Waals surface area contributed by atoms with Crippen LogP contribution in [0.1, 0.15) is 27.7 Å². The summed E-state index contributed by atoms with van der Waals surface area (Å²) in [6.07, 6.45) is 5.63. The highest BCUT2D eigenvalue weighted by atomic mass is 79.9. The molecule has 96 valence electrons. The van der Waals surface area contributed by atoms with Crippen molar-refractivity contribution >= 4 is 27.4 Å². The van der Waals surface area contributed by atoms with Crippen LogP contribution < -0.4 is 5.32 Å². The second-order valence-corrected chi connectivity index (χ2v) is 6.90. The Balaban J connectivity index is 1.99. The summed E-state index contributed by atoms with van der Waals surface area (Å²) in [4.78, 5) is 8.86. The molecule has 5 heteroatoms. The summed E-state index contributed by atoms with van der Waals surface area (Å²) in [6.45, 7) is 9.13. The summed E-state index contributed by atoms with van der Waals surface area (Å²) in [7, 11) is 0. The smallest absolute Gasteiger partial charge is 0.180 e. The number of anilines is 1. The van der Waals surface area contributed by atoms with E-state index in [0.29, 0.717) is 6.04 Å². The molecule has 18 heavy (non-hydrogen) atoms. The minimum Gasteiger partial charge on any atom is -0.363 e. The van der Waals surface area contributed by atoms with Crippen molar-refractivity contribution in [2.45, 2.75) is 33.7 Å². The predicted molar refractivity (Wildman–Crippen MR) is 75.7 cm³/mol. The second-order valence-electron chi connectivity index (χ2n) is 6.09. The average Bonchev–Trinajstić information content (AvgIpc) is 2.68. The van der Waals surface area contributed by atoms with Crippen molar-refractivity contribution in [3.05, 3.63) is 23.2 Å². The molecule has 1 aliphatic rings. The monoisotopic (exact) mass is 308 g/mol. The van der Waals surface area contributed by atoms with Crippen molar-refractivity contribution in [1.82, 2.24) is 14.4 Å². The maximum absolute atomic E-state index is 4.51. The third-order valence-electron chi connectivity index (χ3n) is 4.65. The Kier molecular flexibility index (Phi) is 2.31. The highest BCUT2D eigenvalue weighted by molar-refractivity contribution is 9.10. The molecule has 4 nitrogen and oxygen atoms in total. The van der Waals surface area contributed by atoms with Gasteiger partial charge in [0.25, 0.3) is 0 Å². The molecule has 1 saturated carbocycles. The Morgan fingerprint density at radius 3 is 2.56 bits per heavy atom. The summed E-state index contributed by atoms with van der Waals surface area (Å²) in [5.41, 5.74) is 1.43. The number of imidazole rings is 1. The van der Waals surface area contributed by atoms with E-state index in [2.05, 4.69) is 58.9 Å². The predicted octanol–water partition coefficient (Wildman–Crippen LogP) is 3.34. The van der Waals surface area contributed by atoms with Crippen LogP contribution in [0.2, 0.25) is 0 Å². The second kappa shape index (κ2) is 3.47. The van der Waals surface area contributed by atoms with E-state index in [1.54, 1.807) is 6.20 Å². The molecule has 2 aromatic rings. The Bertz CT molecular complexity index is 600. The Morgan fingerprint density at radius 1 is 1.28 bits per heavy atom. The van der Waals surface area contributed by atoms with Crippen LogP contribution in [0.4, 0.5) is 5.82 Å². The topological polar surface area (TPSA) is 42.2 Å². The van der Waals surface area contributed by atoms with Gasteiger partial charge in [0, 0.05) is 24.6 Å². The Labute approximate surface area is 115 Å². The number of rotatable bonds is 2. The molecule has 3 rings (SSSR count). The zero-order valence-corrected chi connectivity index (χ0v) is 12.6. The van der Waals surface area contributed by atoms with Crippen LogP contribution in [-0.4, -0.2) is 20.4 Å². The van der Waals surface area contributed by atoms with Crippen molar-refractivity contribution in [1.29, 1.82) is 0 Å². The van der Waals surface area contributed by atoms with E-state index in [1.807, 2.05) is 16.8 Å². The third kappa shape index (κ3) is 1.49. The van der Waals surface area contributed by atoms with E-state index < -0.39 is 0 Å². The number of nitrogens with zero attached hydrogens (tertiary/aromatic N) is 3. The number of aromatic nitrogens is 3. The lowest BCUT2D eigenvalue weighted by molar-refractivity contribution is 0.457. The summed E-state index contributed by atoms with van der Waals surface area (Å²) in [5.74, 6) is 0.845. The van der Waals surface area contributed by atoms with E-state index in [1.165, 1.54) is 0 Å². The van der Waals surface area contributed by atoms with Gasteiger partial charge < -0.3 is 9.72 Å². The molecule has 0 radical (unpaired) electrons. The number of hydrogen-bond acceptors (Lipinski definition) is 3. The zero-order chi connectivity index (χ0) is 13.1. The van der Waals surface area contributed by atoms with Gasteiger partial charge in [-0.3, -0.25) is 0 Å². The summed E-state index contributed by atoms with van der Waals surface area (Å²) < 4.78 is 2.79. The highest BCUT2D eigenvalue weighted by Crippen LogP contribution is 2.63. The fraction of sp³-hybridized carbons (Fsp3) is 0.538. The molecular weight excluding hydrogens is 292 g/mol. The molecule has 0 bridgehead atoms. The molecule has 0 saturated heterocycles. The summed E-state index contributed by atoms with van der Waals surface area (Å²) >= 11 is 3.44. The van der Waals surface area contributed by atoms with Crippen molar-refractivity contribution in [3.8, 4) is 0 Å². The van der Waals surface area contributed by atoms with Crippen molar-refractivity contribution in [3.63, 3.8) is 0 Å². The molecule has 0 spiro atoms. The molecule has 0 unspecified atom stereocenters. The Hall–Kier alpha value is -1.10. The van der Waals surface area contributed by atoms with Crippen molar-refractivity contribution in [2.24, 2.45) is 10.8 Å². The quantitative estimate of drug-likeness (QED) is 0.925. The van der Waals surface area contributed by atoms with Gasteiger partial charge in [0.2, 0.25) is 0 Å². The van der Waals surface area contributed by atoms with E-state index in [4.69, 9.17) is 0 Å². The van der Waals surface area contributed by atoms with E-state index in [-0.39, 0.29) is 10.8 Å². The van der Waals surface area contributed by atoms with Crippen LogP contribution in [0.25, 0.3) is 5.65 Å². The standard InChI is InChI=1S/C13H17BrN4/c1-12(2)11(13(12,3)4)17-9-10-15-5-6-18(10)7-8(14)16-9/h5-7,11H,1-4H3,(H,16,17). The lowest BCUT2D eigenvalue weighted by Gasteiger charge is -2.09. The number of halogens is 1. The van der Waals surface area contributed by atoms with Crippen molar-refractivity contribution in [2.75, 3.05) is 5.32 Å². The highest BCUT2D eigenvalue weighted by Gasteiger charge is 2.65. The van der Waals surface area contributed by atoms with Gasteiger partial charge in [0.05, 0.1) is 0 Å². The fourth-order valence-electron chi connectivity index (χ4n) is 2.69. The molecule has 0 aromatic carbocycles.